The molecule has 1 atom stereocenters. The molecule has 0 fully saturated rings. The molecule has 136 valence electrons. The van der Waals surface area contributed by atoms with Gasteiger partial charge >= 0.3 is 0 Å². The van der Waals surface area contributed by atoms with Crippen LogP contribution < -0.4 is 9.64 Å². The number of hydrogen-bond donors (Lipinski definition) is 1. The quantitative estimate of drug-likeness (QED) is 0.694. The molecular formula is C20H15NO6. The second-order valence-corrected chi connectivity index (χ2v) is 5.83. The van der Waals surface area contributed by atoms with Crippen LogP contribution >= 0.6 is 0 Å². The van der Waals surface area contributed by atoms with Gasteiger partial charge in [0.25, 0.3) is 5.91 Å². The standard InChI is InChI=1S/C20H15NO6/c1-25-13-7-3-2-6-12(13)21-17(14-8-4-10-26-14)16(19(23)20(21)24)18(22)15-9-5-11-27-15/h2-11,17,23H,1H3. The van der Waals surface area contributed by atoms with Crippen LogP contribution in [0.2, 0.25) is 0 Å². The highest BCUT2D eigenvalue weighted by molar-refractivity contribution is 6.20. The first kappa shape index (κ1) is 16.7. The third-order valence-electron chi connectivity index (χ3n) is 4.36. The normalized spacial score (nSPS) is 16.9. The van der Waals surface area contributed by atoms with Crippen LogP contribution in [-0.2, 0) is 4.79 Å². The summed E-state index contributed by atoms with van der Waals surface area (Å²) in [6.07, 6.45) is 2.78. The number of carbonyl (C=O) groups excluding carboxylic acids is 2. The molecule has 0 bridgehead atoms. The molecule has 1 amide bonds. The molecule has 0 spiro atoms. The van der Waals surface area contributed by atoms with E-state index in [1.165, 1.54) is 30.6 Å². The molecule has 1 aliphatic heterocycles. The van der Waals surface area contributed by atoms with Crippen LogP contribution in [0.5, 0.6) is 5.75 Å². The molecule has 0 saturated carbocycles. The number of amides is 1. The van der Waals surface area contributed by atoms with Gasteiger partial charge in [0.05, 0.1) is 30.9 Å². The maximum absolute atomic E-state index is 12.9. The molecule has 7 nitrogen and oxygen atoms in total. The Morgan fingerprint density at radius 2 is 1.81 bits per heavy atom. The zero-order chi connectivity index (χ0) is 19.0. The summed E-state index contributed by atoms with van der Waals surface area (Å²) in [4.78, 5) is 27.1. The van der Waals surface area contributed by atoms with Gasteiger partial charge in [-0.15, -0.1) is 0 Å². The lowest BCUT2D eigenvalue weighted by molar-refractivity contribution is -0.117. The van der Waals surface area contributed by atoms with E-state index in [9.17, 15) is 14.7 Å². The Balaban J connectivity index is 1.89. The van der Waals surface area contributed by atoms with E-state index in [2.05, 4.69) is 0 Å². The molecule has 1 aromatic carbocycles. The first-order valence-corrected chi connectivity index (χ1v) is 8.14. The van der Waals surface area contributed by atoms with Crippen LogP contribution in [0.25, 0.3) is 0 Å². The van der Waals surface area contributed by atoms with Gasteiger partial charge in [0.2, 0.25) is 5.78 Å². The van der Waals surface area contributed by atoms with Crippen molar-refractivity contribution in [1.29, 1.82) is 0 Å². The molecule has 3 heterocycles. The third-order valence-corrected chi connectivity index (χ3v) is 4.36. The number of rotatable bonds is 5. The topological polar surface area (TPSA) is 93.1 Å². The fourth-order valence-electron chi connectivity index (χ4n) is 3.17. The molecule has 0 radical (unpaired) electrons. The second-order valence-electron chi connectivity index (χ2n) is 5.83. The fraction of sp³-hybridized carbons (Fsp3) is 0.100. The molecular weight excluding hydrogens is 350 g/mol. The minimum absolute atomic E-state index is 0.0165. The number of methoxy groups -OCH3 is 1. The minimum Gasteiger partial charge on any atom is -0.503 e. The van der Waals surface area contributed by atoms with E-state index >= 15 is 0 Å². The van der Waals surface area contributed by atoms with Crippen LogP contribution in [0.3, 0.4) is 0 Å². The Morgan fingerprint density at radius 3 is 2.48 bits per heavy atom. The lowest BCUT2D eigenvalue weighted by Gasteiger charge is -2.26. The Labute approximate surface area is 154 Å². The predicted octanol–water partition coefficient (Wildman–Crippen LogP) is 3.66. The lowest BCUT2D eigenvalue weighted by atomic mass is 9.99. The summed E-state index contributed by atoms with van der Waals surface area (Å²) in [6.45, 7) is 0. The zero-order valence-corrected chi connectivity index (χ0v) is 14.3. The highest BCUT2D eigenvalue weighted by Crippen LogP contribution is 2.44. The number of para-hydroxylation sites is 2. The van der Waals surface area contributed by atoms with E-state index in [-0.39, 0.29) is 11.3 Å². The molecule has 4 rings (SSSR count). The number of ether oxygens (including phenoxy) is 1. The Kier molecular flexibility index (Phi) is 4.04. The monoisotopic (exact) mass is 365 g/mol. The van der Waals surface area contributed by atoms with Gasteiger partial charge in [-0.2, -0.15) is 0 Å². The van der Waals surface area contributed by atoms with Gasteiger partial charge < -0.3 is 18.7 Å². The van der Waals surface area contributed by atoms with Crippen molar-refractivity contribution in [3.8, 4) is 5.75 Å². The number of hydrogen-bond acceptors (Lipinski definition) is 6. The van der Waals surface area contributed by atoms with E-state index in [4.69, 9.17) is 13.6 Å². The number of benzene rings is 1. The number of anilines is 1. The van der Waals surface area contributed by atoms with Gasteiger partial charge in [0.1, 0.15) is 17.6 Å². The maximum atomic E-state index is 12.9. The van der Waals surface area contributed by atoms with Crippen molar-refractivity contribution in [2.75, 3.05) is 12.0 Å². The van der Waals surface area contributed by atoms with Gasteiger partial charge in [-0.3, -0.25) is 14.5 Å². The maximum Gasteiger partial charge on any atom is 0.294 e. The smallest absolute Gasteiger partial charge is 0.294 e. The SMILES string of the molecule is COc1ccccc1N1C(=O)C(O)=C(C(=O)c2ccco2)C1c1ccco1. The Hall–Kier alpha value is -3.74. The summed E-state index contributed by atoms with van der Waals surface area (Å²) in [5.74, 6) is -1.21. The number of Topliss-reactive ketones (excluding diaryl/α,β-unsaturated/α-hetero) is 1. The average Bonchev–Trinajstić information content (AvgIpc) is 3.43. The van der Waals surface area contributed by atoms with Crippen LogP contribution in [0.15, 0.2) is 81.2 Å². The third kappa shape index (κ3) is 2.60. The van der Waals surface area contributed by atoms with Gasteiger partial charge in [-0.25, -0.2) is 0 Å². The summed E-state index contributed by atoms with van der Waals surface area (Å²) >= 11 is 0. The van der Waals surface area contributed by atoms with E-state index < -0.39 is 23.5 Å². The van der Waals surface area contributed by atoms with Crippen LogP contribution in [-0.4, -0.2) is 23.9 Å². The van der Waals surface area contributed by atoms with Crippen molar-refractivity contribution >= 4 is 17.4 Å². The molecule has 1 unspecified atom stereocenters. The van der Waals surface area contributed by atoms with E-state index in [1.54, 1.807) is 42.5 Å². The zero-order valence-electron chi connectivity index (χ0n) is 14.3. The van der Waals surface area contributed by atoms with Gasteiger partial charge in [-0.05, 0) is 36.4 Å². The average molecular weight is 365 g/mol. The molecule has 0 aliphatic carbocycles. The van der Waals surface area contributed by atoms with Gasteiger partial charge in [0.15, 0.2) is 11.5 Å². The molecule has 0 saturated heterocycles. The van der Waals surface area contributed by atoms with Crippen LogP contribution in [0.4, 0.5) is 5.69 Å². The fourth-order valence-corrected chi connectivity index (χ4v) is 3.17. The summed E-state index contributed by atoms with van der Waals surface area (Å²) in [7, 11) is 1.48. The van der Waals surface area contributed by atoms with E-state index in [1.807, 2.05) is 0 Å². The highest BCUT2D eigenvalue weighted by Gasteiger charge is 2.47. The number of nitrogens with zero attached hydrogens (tertiary/aromatic N) is 1. The molecule has 27 heavy (non-hydrogen) atoms. The molecule has 7 heteroatoms. The largest absolute Gasteiger partial charge is 0.503 e. The van der Waals surface area contributed by atoms with E-state index in [0.29, 0.717) is 17.2 Å². The molecule has 1 aliphatic rings. The van der Waals surface area contributed by atoms with Gasteiger partial charge in [-0.1, -0.05) is 12.1 Å². The van der Waals surface area contributed by atoms with Crippen molar-refractivity contribution in [1.82, 2.24) is 0 Å². The molecule has 3 aromatic rings. The highest BCUT2D eigenvalue weighted by atomic mass is 16.5. The van der Waals surface area contributed by atoms with Crippen molar-refractivity contribution in [3.05, 3.63) is 83.9 Å². The van der Waals surface area contributed by atoms with Gasteiger partial charge in [0, 0.05) is 0 Å². The summed E-state index contributed by atoms with van der Waals surface area (Å²) < 4.78 is 16.0. The molecule has 1 N–H and O–H groups in total. The Morgan fingerprint density at radius 1 is 1.07 bits per heavy atom. The predicted molar refractivity (Wildman–Crippen MR) is 94.6 cm³/mol. The number of furan rings is 2. The number of carbonyl (C=O) groups is 2. The van der Waals surface area contributed by atoms with Crippen LogP contribution in [0, 0.1) is 0 Å². The lowest BCUT2D eigenvalue weighted by Crippen LogP contribution is -2.31. The minimum atomic E-state index is -0.957. The van der Waals surface area contributed by atoms with Crippen molar-refractivity contribution in [3.63, 3.8) is 0 Å². The summed E-state index contributed by atoms with van der Waals surface area (Å²) in [5, 5.41) is 10.5. The van der Waals surface area contributed by atoms with E-state index in [0.717, 1.165) is 0 Å². The van der Waals surface area contributed by atoms with Crippen molar-refractivity contribution in [2.45, 2.75) is 6.04 Å². The number of aliphatic hydroxyl groups is 1. The van der Waals surface area contributed by atoms with Crippen molar-refractivity contribution in [2.24, 2.45) is 0 Å². The Bertz CT molecular complexity index is 1020. The first-order chi connectivity index (χ1) is 13.1. The number of aliphatic hydroxyl groups excluding tert-OH is 1. The summed E-state index contributed by atoms with van der Waals surface area (Å²) in [5.41, 5.74) is 0.288. The molecule has 2 aromatic heterocycles. The first-order valence-electron chi connectivity index (χ1n) is 8.14. The van der Waals surface area contributed by atoms with Crippen molar-refractivity contribution < 1.29 is 28.3 Å². The van der Waals surface area contributed by atoms with Crippen LogP contribution in [0.1, 0.15) is 22.4 Å². The number of ketones is 1. The summed E-state index contributed by atoms with van der Waals surface area (Å²) in [6, 6.07) is 12.2. The second kappa shape index (κ2) is 6.53.